The SMILES string of the molecule is CN1CCCCC1CCC(=O)N1CC(Oc2ccccc2Cl)C1. The second-order valence-electron chi connectivity index (χ2n) is 6.64. The molecule has 2 aliphatic rings. The minimum atomic E-state index is 0.0659. The maximum atomic E-state index is 12.3. The Morgan fingerprint density at radius 3 is 2.83 bits per heavy atom. The Hall–Kier alpha value is -1.26. The number of carbonyl (C=O) groups is 1. The number of halogens is 1. The molecule has 0 bridgehead atoms. The van der Waals surface area contributed by atoms with E-state index in [1.807, 2.05) is 29.2 Å². The highest BCUT2D eigenvalue weighted by atomic mass is 35.5. The number of hydrogen-bond acceptors (Lipinski definition) is 3. The van der Waals surface area contributed by atoms with Crippen LogP contribution in [0.3, 0.4) is 0 Å². The highest BCUT2D eigenvalue weighted by Crippen LogP contribution is 2.27. The zero-order valence-corrected chi connectivity index (χ0v) is 14.5. The largest absolute Gasteiger partial charge is 0.485 e. The molecule has 1 atom stereocenters. The molecule has 0 aromatic heterocycles. The maximum absolute atomic E-state index is 12.3. The number of rotatable bonds is 5. The second-order valence-corrected chi connectivity index (χ2v) is 7.05. The van der Waals surface area contributed by atoms with Gasteiger partial charge < -0.3 is 14.5 Å². The molecule has 1 aromatic rings. The van der Waals surface area contributed by atoms with E-state index in [1.54, 1.807) is 0 Å². The zero-order valence-electron chi connectivity index (χ0n) is 13.7. The van der Waals surface area contributed by atoms with Crippen LogP contribution in [0.15, 0.2) is 24.3 Å². The molecule has 0 N–H and O–H groups in total. The van der Waals surface area contributed by atoms with Crippen molar-refractivity contribution >= 4 is 17.5 Å². The van der Waals surface area contributed by atoms with Crippen LogP contribution >= 0.6 is 11.6 Å². The lowest BCUT2D eigenvalue weighted by molar-refractivity contribution is -0.140. The van der Waals surface area contributed by atoms with E-state index in [0.717, 1.165) is 13.0 Å². The molecule has 2 saturated heterocycles. The predicted molar refractivity (Wildman–Crippen MR) is 92.0 cm³/mol. The van der Waals surface area contributed by atoms with E-state index in [9.17, 15) is 4.79 Å². The van der Waals surface area contributed by atoms with Crippen molar-refractivity contribution in [2.75, 3.05) is 26.7 Å². The number of amides is 1. The van der Waals surface area contributed by atoms with Gasteiger partial charge in [-0.25, -0.2) is 0 Å². The van der Waals surface area contributed by atoms with Gasteiger partial charge in [0.15, 0.2) is 0 Å². The van der Waals surface area contributed by atoms with Crippen LogP contribution in [0.4, 0.5) is 0 Å². The molecule has 2 heterocycles. The van der Waals surface area contributed by atoms with Crippen molar-refractivity contribution in [2.24, 2.45) is 0 Å². The van der Waals surface area contributed by atoms with Crippen molar-refractivity contribution < 1.29 is 9.53 Å². The lowest BCUT2D eigenvalue weighted by Crippen LogP contribution is -2.56. The zero-order chi connectivity index (χ0) is 16.2. The highest BCUT2D eigenvalue weighted by Gasteiger charge is 2.32. The fourth-order valence-corrected chi connectivity index (χ4v) is 3.57. The summed E-state index contributed by atoms with van der Waals surface area (Å²) < 4.78 is 5.84. The van der Waals surface area contributed by atoms with Gasteiger partial charge in [-0.2, -0.15) is 0 Å². The fourth-order valence-electron chi connectivity index (χ4n) is 3.39. The van der Waals surface area contributed by atoms with Gasteiger partial charge >= 0.3 is 0 Å². The first-order valence-electron chi connectivity index (χ1n) is 8.52. The highest BCUT2D eigenvalue weighted by molar-refractivity contribution is 6.32. The normalized spacial score (nSPS) is 22.7. The molecule has 1 amide bonds. The average Bonchev–Trinajstić information content (AvgIpc) is 2.51. The van der Waals surface area contributed by atoms with E-state index in [-0.39, 0.29) is 12.0 Å². The van der Waals surface area contributed by atoms with Crippen LogP contribution < -0.4 is 4.74 Å². The molecule has 3 rings (SSSR count). The van der Waals surface area contributed by atoms with Gasteiger partial charge in [-0.1, -0.05) is 30.2 Å². The van der Waals surface area contributed by atoms with E-state index in [4.69, 9.17) is 16.3 Å². The third-order valence-corrected chi connectivity index (χ3v) is 5.26. The molecule has 23 heavy (non-hydrogen) atoms. The van der Waals surface area contributed by atoms with Gasteiger partial charge in [0.1, 0.15) is 11.9 Å². The molecule has 0 radical (unpaired) electrons. The summed E-state index contributed by atoms with van der Waals surface area (Å²) in [5.41, 5.74) is 0. The van der Waals surface area contributed by atoms with Crippen LogP contribution in [0.2, 0.25) is 5.02 Å². The molecule has 2 fully saturated rings. The number of benzene rings is 1. The number of carbonyl (C=O) groups excluding carboxylic acids is 1. The Bertz CT molecular complexity index is 546. The summed E-state index contributed by atoms with van der Waals surface area (Å²) in [7, 11) is 2.17. The summed E-state index contributed by atoms with van der Waals surface area (Å²) in [5, 5.41) is 0.623. The van der Waals surface area contributed by atoms with Gasteiger partial charge in [-0.3, -0.25) is 4.79 Å². The van der Waals surface area contributed by atoms with Gasteiger partial charge in [0.05, 0.1) is 18.1 Å². The topological polar surface area (TPSA) is 32.8 Å². The van der Waals surface area contributed by atoms with Crippen LogP contribution in [-0.4, -0.2) is 54.5 Å². The summed E-state index contributed by atoms with van der Waals surface area (Å²) in [6.07, 6.45) is 5.49. The van der Waals surface area contributed by atoms with Gasteiger partial charge in [0.2, 0.25) is 5.91 Å². The van der Waals surface area contributed by atoms with Crippen LogP contribution in [0.25, 0.3) is 0 Å². The van der Waals surface area contributed by atoms with Crippen molar-refractivity contribution in [1.82, 2.24) is 9.80 Å². The van der Waals surface area contributed by atoms with Crippen LogP contribution in [0.1, 0.15) is 32.1 Å². The third kappa shape index (κ3) is 4.18. The average molecular weight is 337 g/mol. The second kappa shape index (κ2) is 7.54. The van der Waals surface area contributed by atoms with Crippen molar-refractivity contribution in [3.05, 3.63) is 29.3 Å². The summed E-state index contributed by atoms with van der Waals surface area (Å²) in [6, 6.07) is 8.05. The Morgan fingerprint density at radius 1 is 1.30 bits per heavy atom. The summed E-state index contributed by atoms with van der Waals surface area (Å²) in [5.74, 6) is 0.957. The number of para-hydroxylation sites is 1. The molecule has 1 unspecified atom stereocenters. The van der Waals surface area contributed by atoms with Crippen molar-refractivity contribution in [3.63, 3.8) is 0 Å². The Labute approximate surface area is 143 Å². The maximum Gasteiger partial charge on any atom is 0.222 e. The van der Waals surface area contributed by atoms with Gasteiger partial charge in [0, 0.05) is 12.5 Å². The molecule has 5 heteroatoms. The number of likely N-dealkylation sites (tertiary alicyclic amines) is 2. The number of hydrogen-bond donors (Lipinski definition) is 0. The summed E-state index contributed by atoms with van der Waals surface area (Å²) >= 11 is 6.09. The molecule has 1 aromatic carbocycles. The fraction of sp³-hybridized carbons (Fsp3) is 0.611. The summed E-state index contributed by atoms with van der Waals surface area (Å²) in [4.78, 5) is 16.6. The Kier molecular flexibility index (Phi) is 5.44. The van der Waals surface area contributed by atoms with Crippen molar-refractivity contribution in [1.29, 1.82) is 0 Å². The van der Waals surface area contributed by atoms with Crippen molar-refractivity contribution in [3.8, 4) is 5.75 Å². The quantitative estimate of drug-likeness (QED) is 0.827. The van der Waals surface area contributed by atoms with Crippen LogP contribution in [0.5, 0.6) is 5.75 Å². The standard InChI is InChI=1S/C18H25ClN2O2/c1-20-11-5-4-6-14(20)9-10-18(22)21-12-15(13-21)23-17-8-3-2-7-16(17)19/h2-3,7-8,14-15H,4-6,9-13H2,1H3. The Balaban J connectivity index is 1.39. The number of ether oxygens (including phenoxy) is 1. The summed E-state index contributed by atoms with van der Waals surface area (Å²) in [6.45, 7) is 2.51. The first kappa shape index (κ1) is 16.6. The monoisotopic (exact) mass is 336 g/mol. The molecule has 0 spiro atoms. The molecule has 126 valence electrons. The van der Waals surface area contributed by atoms with Gasteiger partial charge in [-0.05, 0) is 45.0 Å². The number of piperidine rings is 1. The third-order valence-electron chi connectivity index (χ3n) is 4.94. The molecule has 4 nitrogen and oxygen atoms in total. The van der Waals surface area contributed by atoms with Gasteiger partial charge in [-0.15, -0.1) is 0 Å². The van der Waals surface area contributed by atoms with Crippen molar-refractivity contribution in [2.45, 2.75) is 44.2 Å². The Morgan fingerprint density at radius 2 is 2.09 bits per heavy atom. The smallest absolute Gasteiger partial charge is 0.222 e. The van der Waals surface area contributed by atoms with E-state index < -0.39 is 0 Å². The van der Waals surface area contributed by atoms with E-state index in [2.05, 4.69) is 11.9 Å². The predicted octanol–water partition coefficient (Wildman–Crippen LogP) is 3.19. The lowest BCUT2D eigenvalue weighted by Gasteiger charge is -2.40. The first-order valence-corrected chi connectivity index (χ1v) is 8.90. The molecular weight excluding hydrogens is 312 g/mol. The molecular formula is C18H25ClN2O2. The lowest BCUT2D eigenvalue weighted by atomic mass is 9.98. The van der Waals surface area contributed by atoms with E-state index in [1.165, 1.54) is 19.3 Å². The van der Waals surface area contributed by atoms with E-state index in [0.29, 0.717) is 36.3 Å². The van der Waals surface area contributed by atoms with Crippen LogP contribution in [0, 0.1) is 0 Å². The first-order chi connectivity index (χ1) is 11.1. The molecule has 0 aliphatic carbocycles. The minimum Gasteiger partial charge on any atom is -0.485 e. The molecule has 2 aliphatic heterocycles. The van der Waals surface area contributed by atoms with E-state index >= 15 is 0 Å². The minimum absolute atomic E-state index is 0.0659. The van der Waals surface area contributed by atoms with Crippen LogP contribution in [-0.2, 0) is 4.79 Å². The van der Waals surface area contributed by atoms with Gasteiger partial charge in [0.25, 0.3) is 0 Å². The molecule has 0 saturated carbocycles. The number of nitrogens with zero attached hydrogens (tertiary/aromatic N) is 2.